The predicted octanol–water partition coefficient (Wildman–Crippen LogP) is -0.944. The van der Waals surface area contributed by atoms with Crippen LogP contribution in [0.5, 0.6) is 0 Å². The van der Waals surface area contributed by atoms with Gasteiger partial charge < -0.3 is 16.0 Å². The fraction of sp³-hybridized carbons (Fsp3) is 0.286. The van der Waals surface area contributed by atoms with Crippen molar-refractivity contribution in [2.75, 3.05) is 5.32 Å². The molecular weight excluding hydrogens is 172 g/mol. The Morgan fingerprint density at radius 2 is 2.46 bits per heavy atom. The van der Waals surface area contributed by atoms with Crippen molar-refractivity contribution in [3.05, 3.63) is 22.7 Å². The molecule has 0 saturated carbocycles. The molecule has 1 aromatic rings. The van der Waals surface area contributed by atoms with Gasteiger partial charge in [-0.1, -0.05) is 0 Å². The lowest BCUT2D eigenvalue weighted by molar-refractivity contribution is -0.118. The van der Waals surface area contributed by atoms with Gasteiger partial charge in [0.2, 0.25) is 5.91 Å². The number of carbonyl (C=O) groups is 1. The first-order chi connectivity index (χ1) is 6.11. The average molecular weight is 182 g/mol. The van der Waals surface area contributed by atoms with E-state index in [9.17, 15) is 9.59 Å². The number of nitrogens with zero attached hydrogens (tertiary/aromatic N) is 1. The smallest absolute Gasteiger partial charge is 0.290 e. The number of anilines is 1. The van der Waals surface area contributed by atoms with Crippen molar-refractivity contribution in [2.45, 2.75) is 13.0 Å². The van der Waals surface area contributed by atoms with Gasteiger partial charge in [-0.2, -0.15) is 0 Å². The molecule has 0 aliphatic carbocycles. The summed E-state index contributed by atoms with van der Waals surface area (Å²) in [6.45, 7) is 1.55. The van der Waals surface area contributed by atoms with Gasteiger partial charge in [-0.15, -0.1) is 0 Å². The van der Waals surface area contributed by atoms with Crippen LogP contribution in [0.3, 0.4) is 0 Å². The lowest BCUT2D eigenvalue weighted by atomic mass is 10.3. The van der Waals surface area contributed by atoms with Crippen LogP contribution < -0.4 is 16.6 Å². The van der Waals surface area contributed by atoms with Crippen molar-refractivity contribution in [1.82, 2.24) is 9.97 Å². The highest BCUT2D eigenvalue weighted by molar-refractivity contribution is 5.81. The molecule has 1 aromatic heterocycles. The molecule has 1 unspecified atom stereocenters. The third-order valence-electron chi connectivity index (χ3n) is 1.49. The third-order valence-corrected chi connectivity index (χ3v) is 1.49. The summed E-state index contributed by atoms with van der Waals surface area (Å²) in [5.74, 6) is -0.446. The molecule has 0 spiro atoms. The molecule has 13 heavy (non-hydrogen) atoms. The van der Waals surface area contributed by atoms with Crippen molar-refractivity contribution in [1.29, 1.82) is 0 Å². The molecule has 0 saturated heterocycles. The van der Waals surface area contributed by atoms with Gasteiger partial charge in [0.05, 0.1) is 0 Å². The van der Waals surface area contributed by atoms with E-state index in [1.54, 1.807) is 6.92 Å². The van der Waals surface area contributed by atoms with E-state index in [2.05, 4.69) is 15.3 Å². The summed E-state index contributed by atoms with van der Waals surface area (Å²) < 4.78 is 0. The maximum Gasteiger partial charge on any atom is 0.290 e. The zero-order chi connectivity index (χ0) is 9.84. The minimum Gasteiger partial charge on any atom is -0.368 e. The molecule has 0 aliphatic rings. The summed E-state index contributed by atoms with van der Waals surface area (Å²) in [6, 6.07) is -0.615. The van der Waals surface area contributed by atoms with Crippen molar-refractivity contribution >= 4 is 11.7 Å². The molecule has 6 heteroatoms. The summed E-state index contributed by atoms with van der Waals surface area (Å²) in [7, 11) is 0. The van der Waals surface area contributed by atoms with E-state index < -0.39 is 11.9 Å². The van der Waals surface area contributed by atoms with Gasteiger partial charge in [0.25, 0.3) is 5.56 Å². The number of carbonyl (C=O) groups excluding carboxylic acids is 1. The van der Waals surface area contributed by atoms with E-state index in [0.29, 0.717) is 0 Å². The summed E-state index contributed by atoms with van der Waals surface area (Å²) in [5.41, 5.74) is 4.61. The van der Waals surface area contributed by atoms with Gasteiger partial charge in [-0.3, -0.25) is 9.59 Å². The van der Waals surface area contributed by atoms with Gasteiger partial charge in [-0.05, 0) is 6.92 Å². The molecule has 6 nitrogen and oxygen atoms in total. The largest absolute Gasteiger partial charge is 0.368 e. The maximum atomic E-state index is 11.0. The Morgan fingerprint density at radius 3 is 3.00 bits per heavy atom. The lowest BCUT2D eigenvalue weighted by Gasteiger charge is -2.08. The highest BCUT2D eigenvalue weighted by Crippen LogP contribution is 1.93. The van der Waals surface area contributed by atoms with Crippen LogP contribution in [0.2, 0.25) is 0 Å². The molecule has 1 heterocycles. The topological polar surface area (TPSA) is 101 Å². The van der Waals surface area contributed by atoms with E-state index in [4.69, 9.17) is 5.73 Å². The molecule has 0 radical (unpaired) electrons. The van der Waals surface area contributed by atoms with Gasteiger partial charge >= 0.3 is 0 Å². The number of hydrogen-bond donors (Lipinski definition) is 3. The lowest BCUT2D eigenvalue weighted by Crippen LogP contribution is -2.34. The van der Waals surface area contributed by atoms with Crippen LogP contribution in [-0.2, 0) is 4.79 Å². The summed E-state index contributed by atoms with van der Waals surface area (Å²) in [4.78, 5) is 27.8. The van der Waals surface area contributed by atoms with Crippen LogP contribution >= 0.6 is 0 Å². The molecule has 4 N–H and O–H groups in total. The molecule has 70 valence electrons. The second-order valence-electron chi connectivity index (χ2n) is 2.54. The Labute approximate surface area is 74.2 Å². The molecule has 0 aliphatic heterocycles. The first kappa shape index (κ1) is 9.24. The van der Waals surface area contributed by atoms with Gasteiger partial charge in [-0.25, -0.2) is 4.98 Å². The summed E-state index contributed by atoms with van der Waals surface area (Å²) in [5, 5.41) is 2.58. The van der Waals surface area contributed by atoms with Gasteiger partial charge in [0, 0.05) is 12.4 Å². The normalized spacial score (nSPS) is 12.1. The van der Waals surface area contributed by atoms with Crippen molar-refractivity contribution in [2.24, 2.45) is 5.73 Å². The minimum atomic E-state index is -0.615. The number of H-pyrrole nitrogens is 1. The third kappa shape index (κ3) is 2.29. The zero-order valence-electron chi connectivity index (χ0n) is 7.07. The number of amides is 1. The van der Waals surface area contributed by atoms with Crippen LogP contribution in [0.4, 0.5) is 5.82 Å². The number of hydrogen-bond acceptors (Lipinski definition) is 4. The fourth-order valence-electron chi connectivity index (χ4n) is 0.731. The van der Waals surface area contributed by atoms with Crippen LogP contribution in [0.15, 0.2) is 17.2 Å². The molecule has 0 aromatic carbocycles. The Bertz CT molecular complexity index is 360. The van der Waals surface area contributed by atoms with Crippen molar-refractivity contribution in [3.8, 4) is 0 Å². The standard InChI is InChI=1S/C7H10N4O2/c1-4(5(8)12)11-6-7(13)10-3-2-9-6/h2-4H,1H3,(H2,8,12)(H,9,11)(H,10,13). The molecular formula is C7H10N4O2. The van der Waals surface area contributed by atoms with Crippen LogP contribution in [0, 0.1) is 0 Å². The quantitative estimate of drug-likeness (QED) is 0.561. The zero-order valence-corrected chi connectivity index (χ0v) is 7.07. The Balaban J connectivity index is 2.81. The summed E-state index contributed by atoms with van der Waals surface area (Å²) in [6.07, 6.45) is 2.82. The van der Waals surface area contributed by atoms with Crippen molar-refractivity contribution < 1.29 is 4.79 Å². The molecule has 1 amide bonds. The average Bonchev–Trinajstić information content (AvgIpc) is 2.08. The minimum absolute atomic E-state index is 0.0915. The fourth-order valence-corrected chi connectivity index (χ4v) is 0.731. The van der Waals surface area contributed by atoms with E-state index in [-0.39, 0.29) is 11.4 Å². The maximum absolute atomic E-state index is 11.0. The van der Waals surface area contributed by atoms with Crippen LogP contribution in [0.25, 0.3) is 0 Å². The van der Waals surface area contributed by atoms with E-state index in [1.165, 1.54) is 12.4 Å². The Kier molecular flexibility index (Phi) is 2.63. The highest BCUT2D eigenvalue weighted by atomic mass is 16.1. The molecule has 1 atom stereocenters. The number of nitrogens with one attached hydrogen (secondary N) is 2. The summed E-state index contributed by atoms with van der Waals surface area (Å²) >= 11 is 0. The monoisotopic (exact) mass is 182 g/mol. The second-order valence-corrected chi connectivity index (χ2v) is 2.54. The molecule has 1 rings (SSSR count). The van der Waals surface area contributed by atoms with Crippen molar-refractivity contribution in [3.63, 3.8) is 0 Å². The number of rotatable bonds is 3. The highest BCUT2D eigenvalue weighted by Gasteiger charge is 2.09. The van der Waals surface area contributed by atoms with Gasteiger partial charge in [0.15, 0.2) is 5.82 Å². The van der Waals surface area contributed by atoms with Gasteiger partial charge in [0.1, 0.15) is 6.04 Å². The van der Waals surface area contributed by atoms with Crippen LogP contribution in [-0.4, -0.2) is 21.9 Å². The Morgan fingerprint density at radius 1 is 1.77 bits per heavy atom. The Hall–Kier alpha value is -1.85. The first-order valence-corrected chi connectivity index (χ1v) is 3.71. The van der Waals surface area contributed by atoms with E-state index in [1.807, 2.05) is 0 Å². The molecule has 0 fully saturated rings. The van der Waals surface area contributed by atoms with E-state index in [0.717, 1.165) is 0 Å². The number of primary amides is 1. The molecule has 0 bridgehead atoms. The first-order valence-electron chi connectivity index (χ1n) is 3.71. The number of nitrogens with two attached hydrogens (primary N) is 1. The second kappa shape index (κ2) is 3.70. The van der Waals surface area contributed by atoms with E-state index >= 15 is 0 Å². The SMILES string of the molecule is CC(Nc1ncc[nH]c1=O)C(N)=O. The number of aromatic amines is 1. The number of aromatic nitrogens is 2. The predicted molar refractivity (Wildman–Crippen MR) is 47.1 cm³/mol. The van der Waals surface area contributed by atoms with Crippen LogP contribution in [0.1, 0.15) is 6.92 Å².